The molecule has 1 aromatic heterocycles. The van der Waals surface area contributed by atoms with Crippen molar-refractivity contribution in [2.75, 3.05) is 33.9 Å². The Morgan fingerprint density at radius 3 is 2.73 bits per heavy atom. The van der Waals surface area contributed by atoms with Crippen molar-refractivity contribution >= 4 is 5.96 Å². The standard InChI is InChI=1S/C18H26N6O2/c1-19-18(20-7-3-4-8-24-13-21-22-14-24)23(2)12-15-5-6-16-17(11-15)26-10-9-25-16/h5-6,11,13-14H,3-4,7-10,12H2,1-2H3,(H,19,20). The second-order valence-electron chi connectivity index (χ2n) is 6.21. The molecule has 0 fully saturated rings. The van der Waals surface area contributed by atoms with Crippen LogP contribution in [0.4, 0.5) is 0 Å². The number of hydrogen-bond acceptors (Lipinski definition) is 5. The lowest BCUT2D eigenvalue weighted by Crippen LogP contribution is -2.38. The first-order valence-electron chi connectivity index (χ1n) is 8.89. The zero-order valence-corrected chi connectivity index (χ0v) is 15.4. The smallest absolute Gasteiger partial charge is 0.193 e. The van der Waals surface area contributed by atoms with Gasteiger partial charge in [0, 0.05) is 33.7 Å². The lowest BCUT2D eigenvalue weighted by Gasteiger charge is -2.24. The monoisotopic (exact) mass is 358 g/mol. The molecule has 0 radical (unpaired) electrons. The summed E-state index contributed by atoms with van der Waals surface area (Å²) in [6, 6.07) is 6.08. The fourth-order valence-corrected chi connectivity index (χ4v) is 2.88. The van der Waals surface area contributed by atoms with Crippen molar-refractivity contribution in [2.24, 2.45) is 4.99 Å². The van der Waals surface area contributed by atoms with E-state index in [9.17, 15) is 0 Å². The minimum absolute atomic E-state index is 0.602. The Hall–Kier alpha value is -2.77. The van der Waals surface area contributed by atoms with E-state index >= 15 is 0 Å². The molecule has 0 amide bonds. The van der Waals surface area contributed by atoms with Crippen molar-refractivity contribution in [1.82, 2.24) is 25.0 Å². The number of rotatable bonds is 7. The van der Waals surface area contributed by atoms with E-state index in [1.165, 1.54) is 0 Å². The number of unbranched alkanes of at least 4 members (excludes halogenated alkanes) is 1. The second kappa shape index (κ2) is 9.07. The number of nitrogens with zero attached hydrogens (tertiary/aromatic N) is 5. The number of benzene rings is 1. The highest BCUT2D eigenvalue weighted by Gasteiger charge is 2.13. The molecule has 0 aliphatic carbocycles. The van der Waals surface area contributed by atoms with Crippen LogP contribution in [0, 0.1) is 0 Å². The number of ether oxygens (including phenoxy) is 2. The largest absolute Gasteiger partial charge is 0.486 e. The second-order valence-corrected chi connectivity index (χ2v) is 6.21. The van der Waals surface area contributed by atoms with Gasteiger partial charge >= 0.3 is 0 Å². The normalized spacial score (nSPS) is 13.5. The number of aromatic nitrogens is 3. The number of nitrogens with one attached hydrogen (secondary N) is 1. The van der Waals surface area contributed by atoms with Crippen LogP contribution in [0.15, 0.2) is 35.8 Å². The highest BCUT2D eigenvalue weighted by molar-refractivity contribution is 5.79. The van der Waals surface area contributed by atoms with Crippen LogP contribution < -0.4 is 14.8 Å². The third-order valence-corrected chi connectivity index (χ3v) is 4.19. The molecule has 2 heterocycles. The van der Waals surface area contributed by atoms with E-state index in [0.29, 0.717) is 13.2 Å². The van der Waals surface area contributed by atoms with Crippen molar-refractivity contribution < 1.29 is 9.47 Å². The molecule has 8 nitrogen and oxygen atoms in total. The van der Waals surface area contributed by atoms with Gasteiger partial charge in [-0.3, -0.25) is 4.99 Å². The van der Waals surface area contributed by atoms with Crippen molar-refractivity contribution in [2.45, 2.75) is 25.9 Å². The summed E-state index contributed by atoms with van der Waals surface area (Å²) in [5.41, 5.74) is 1.16. The quantitative estimate of drug-likeness (QED) is 0.460. The predicted molar refractivity (Wildman–Crippen MR) is 99.5 cm³/mol. The van der Waals surface area contributed by atoms with Crippen LogP contribution in [0.2, 0.25) is 0 Å². The van der Waals surface area contributed by atoms with Crippen molar-refractivity contribution in [3.63, 3.8) is 0 Å². The summed E-state index contributed by atoms with van der Waals surface area (Å²) in [5.74, 6) is 2.52. The van der Waals surface area contributed by atoms with E-state index in [-0.39, 0.29) is 0 Å². The molecule has 0 saturated carbocycles. The number of fused-ring (bicyclic) bond motifs is 1. The minimum atomic E-state index is 0.602. The van der Waals surface area contributed by atoms with Crippen molar-refractivity contribution in [1.29, 1.82) is 0 Å². The number of hydrogen-bond donors (Lipinski definition) is 1. The summed E-state index contributed by atoms with van der Waals surface area (Å²) >= 11 is 0. The Morgan fingerprint density at radius 1 is 1.19 bits per heavy atom. The maximum atomic E-state index is 5.65. The van der Waals surface area contributed by atoms with Gasteiger partial charge in [-0.2, -0.15) is 0 Å². The van der Waals surface area contributed by atoms with Gasteiger partial charge in [0.05, 0.1) is 0 Å². The highest BCUT2D eigenvalue weighted by atomic mass is 16.6. The molecule has 0 unspecified atom stereocenters. The van der Waals surface area contributed by atoms with Gasteiger partial charge in [-0.25, -0.2) is 0 Å². The van der Waals surface area contributed by atoms with Crippen molar-refractivity contribution in [3.05, 3.63) is 36.4 Å². The topological polar surface area (TPSA) is 76.8 Å². The van der Waals surface area contributed by atoms with Crippen LogP contribution in [0.25, 0.3) is 0 Å². The molecule has 2 aromatic rings. The summed E-state index contributed by atoms with van der Waals surface area (Å²) in [5, 5.41) is 11.0. The Kier molecular flexibility index (Phi) is 6.29. The highest BCUT2D eigenvalue weighted by Crippen LogP contribution is 2.30. The van der Waals surface area contributed by atoms with Gasteiger partial charge in [0.2, 0.25) is 0 Å². The van der Waals surface area contributed by atoms with Crippen LogP contribution >= 0.6 is 0 Å². The molecule has 0 spiro atoms. The molecule has 1 aromatic carbocycles. The molecule has 26 heavy (non-hydrogen) atoms. The lowest BCUT2D eigenvalue weighted by molar-refractivity contribution is 0.171. The molecule has 0 saturated heterocycles. The summed E-state index contributed by atoms with van der Waals surface area (Å²) in [7, 11) is 3.84. The van der Waals surface area contributed by atoms with Gasteiger partial charge < -0.3 is 24.3 Å². The molecule has 0 bridgehead atoms. The Labute approximate surface area is 153 Å². The summed E-state index contributed by atoms with van der Waals surface area (Å²) < 4.78 is 13.2. The molecular weight excluding hydrogens is 332 g/mol. The first-order valence-corrected chi connectivity index (χ1v) is 8.89. The molecule has 140 valence electrons. The molecule has 1 N–H and O–H groups in total. The molecule has 1 aliphatic rings. The van der Waals surface area contributed by atoms with Crippen LogP contribution in [-0.2, 0) is 13.1 Å². The molecule has 0 atom stereocenters. The fourth-order valence-electron chi connectivity index (χ4n) is 2.88. The van der Waals surface area contributed by atoms with Gasteiger partial charge in [-0.05, 0) is 30.5 Å². The van der Waals surface area contributed by atoms with E-state index in [1.807, 2.05) is 23.7 Å². The van der Waals surface area contributed by atoms with E-state index in [4.69, 9.17) is 9.47 Å². The average molecular weight is 358 g/mol. The Morgan fingerprint density at radius 2 is 1.96 bits per heavy atom. The van der Waals surface area contributed by atoms with Gasteiger partial charge in [0.15, 0.2) is 17.5 Å². The average Bonchev–Trinajstić information content (AvgIpc) is 3.18. The third-order valence-electron chi connectivity index (χ3n) is 4.19. The maximum absolute atomic E-state index is 5.65. The lowest BCUT2D eigenvalue weighted by atomic mass is 10.2. The summed E-state index contributed by atoms with van der Waals surface area (Å²) in [6.07, 6.45) is 5.60. The first kappa shape index (κ1) is 18.0. The number of guanidine groups is 1. The Bertz CT molecular complexity index is 716. The van der Waals surface area contributed by atoms with Crippen molar-refractivity contribution in [3.8, 4) is 11.5 Å². The fraction of sp³-hybridized carbons (Fsp3) is 0.500. The van der Waals surface area contributed by atoms with Crippen LogP contribution in [0.3, 0.4) is 0 Å². The summed E-state index contributed by atoms with van der Waals surface area (Å²) in [6.45, 7) is 3.77. The van der Waals surface area contributed by atoms with Gasteiger partial charge in [0.1, 0.15) is 25.9 Å². The minimum Gasteiger partial charge on any atom is -0.486 e. The van der Waals surface area contributed by atoms with Crippen LogP contribution in [0.1, 0.15) is 18.4 Å². The predicted octanol–water partition coefficient (Wildman–Crippen LogP) is 1.54. The SMILES string of the molecule is CN=C(NCCCCn1cnnc1)N(C)Cc1ccc2c(c1)OCCO2. The van der Waals surface area contributed by atoms with Crippen LogP contribution in [0.5, 0.6) is 11.5 Å². The van der Waals surface area contributed by atoms with E-state index < -0.39 is 0 Å². The summed E-state index contributed by atoms with van der Waals surface area (Å²) in [4.78, 5) is 6.47. The maximum Gasteiger partial charge on any atom is 0.193 e. The molecule has 8 heteroatoms. The Balaban J connectivity index is 1.44. The van der Waals surface area contributed by atoms with E-state index in [1.54, 1.807) is 19.7 Å². The van der Waals surface area contributed by atoms with E-state index in [0.717, 1.165) is 55.5 Å². The van der Waals surface area contributed by atoms with Gasteiger partial charge in [-0.15, -0.1) is 10.2 Å². The van der Waals surface area contributed by atoms with Gasteiger partial charge in [0.25, 0.3) is 0 Å². The zero-order chi connectivity index (χ0) is 18.2. The molecular formula is C18H26N6O2. The van der Waals surface area contributed by atoms with Gasteiger partial charge in [-0.1, -0.05) is 6.07 Å². The first-order chi connectivity index (χ1) is 12.8. The zero-order valence-electron chi connectivity index (χ0n) is 15.4. The number of aryl methyl sites for hydroxylation is 1. The third kappa shape index (κ3) is 4.87. The van der Waals surface area contributed by atoms with E-state index in [2.05, 4.69) is 31.5 Å². The molecule has 3 rings (SSSR count). The van der Waals surface area contributed by atoms with Crippen LogP contribution in [-0.4, -0.2) is 59.5 Å². The molecule has 1 aliphatic heterocycles. The number of aliphatic imine (C=N–C) groups is 1.